The molecule has 3 rings (SSSR count). The van der Waals surface area contributed by atoms with E-state index in [4.69, 9.17) is 4.52 Å². The Balaban J connectivity index is 1.41. The molecule has 1 saturated carbocycles. The molecule has 0 spiro atoms. The van der Waals surface area contributed by atoms with Crippen LogP contribution in [-0.4, -0.2) is 22.7 Å². The lowest BCUT2D eigenvalue weighted by molar-refractivity contribution is 0.252. The van der Waals surface area contributed by atoms with Gasteiger partial charge in [-0.1, -0.05) is 24.2 Å². The van der Waals surface area contributed by atoms with Crippen molar-refractivity contribution in [3.8, 4) is 0 Å². The number of nitrogens with one attached hydrogen (secondary N) is 2. The van der Waals surface area contributed by atoms with Crippen molar-refractivity contribution in [2.24, 2.45) is 0 Å². The number of carbonyl (C=O) groups is 1. The maximum absolute atomic E-state index is 11.8. The van der Waals surface area contributed by atoms with Gasteiger partial charge in [0.25, 0.3) is 0 Å². The Hall–Kier alpha value is -2.37. The van der Waals surface area contributed by atoms with Gasteiger partial charge in [-0.15, -0.1) is 0 Å². The fourth-order valence-corrected chi connectivity index (χ4v) is 2.15. The molecule has 0 saturated heterocycles. The zero-order chi connectivity index (χ0) is 15.4. The molecule has 6 nitrogen and oxygen atoms in total. The van der Waals surface area contributed by atoms with Crippen molar-refractivity contribution in [1.29, 1.82) is 0 Å². The Morgan fingerprint density at radius 2 is 2.09 bits per heavy atom. The van der Waals surface area contributed by atoms with Gasteiger partial charge in [-0.25, -0.2) is 4.79 Å². The van der Waals surface area contributed by atoms with Gasteiger partial charge in [-0.3, -0.25) is 0 Å². The van der Waals surface area contributed by atoms with E-state index in [2.05, 4.69) is 27.7 Å². The third-order valence-electron chi connectivity index (χ3n) is 3.66. The van der Waals surface area contributed by atoms with E-state index in [0.29, 0.717) is 24.7 Å². The first-order chi connectivity index (χ1) is 10.7. The molecule has 2 aromatic rings. The van der Waals surface area contributed by atoms with Crippen LogP contribution in [0.5, 0.6) is 0 Å². The summed E-state index contributed by atoms with van der Waals surface area (Å²) in [5.41, 5.74) is 2.03. The van der Waals surface area contributed by atoms with Crippen LogP contribution in [-0.2, 0) is 12.8 Å². The first-order valence-electron chi connectivity index (χ1n) is 7.71. The van der Waals surface area contributed by atoms with Gasteiger partial charge in [-0.05, 0) is 37.0 Å². The van der Waals surface area contributed by atoms with Gasteiger partial charge in [0.05, 0.1) is 0 Å². The van der Waals surface area contributed by atoms with E-state index in [9.17, 15) is 4.79 Å². The molecule has 0 atom stereocenters. The molecule has 1 aliphatic carbocycles. The molecule has 0 unspecified atom stereocenters. The van der Waals surface area contributed by atoms with Crippen molar-refractivity contribution in [1.82, 2.24) is 15.5 Å². The minimum absolute atomic E-state index is 0.227. The van der Waals surface area contributed by atoms with Crippen LogP contribution in [0.4, 0.5) is 10.5 Å². The number of carbonyl (C=O) groups excluding carboxylic acids is 1. The summed E-state index contributed by atoms with van der Waals surface area (Å²) in [6, 6.07) is 7.59. The van der Waals surface area contributed by atoms with Gasteiger partial charge in [0.15, 0.2) is 5.82 Å². The predicted octanol–water partition coefficient (Wildman–Crippen LogP) is 2.87. The number of amides is 2. The molecular weight excluding hydrogens is 280 g/mol. The molecule has 1 aliphatic rings. The highest BCUT2D eigenvalue weighted by Gasteiger charge is 2.29. The second-order valence-electron chi connectivity index (χ2n) is 5.50. The molecule has 0 bridgehead atoms. The molecule has 2 N–H and O–H groups in total. The molecule has 6 heteroatoms. The van der Waals surface area contributed by atoms with E-state index in [0.717, 1.165) is 30.8 Å². The molecule has 2 amide bonds. The summed E-state index contributed by atoms with van der Waals surface area (Å²) in [7, 11) is 0. The van der Waals surface area contributed by atoms with E-state index in [1.54, 1.807) is 0 Å². The smallest absolute Gasteiger partial charge is 0.319 e. The van der Waals surface area contributed by atoms with Gasteiger partial charge in [0, 0.05) is 24.6 Å². The fraction of sp³-hybridized carbons (Fsp3) is 0.438. The maximum atomic E-state index is 11.8. The van der Waals surface area contributed by atoms with E-state index in [1.165, 1.54) is 5.56 Å². The molecule has 22 heavy (non-hydrogen) atoms. The number of urea groups is 1. The second-order valence-corrected chi connectivity index (χ2v) is 5.50. The summed E-state index contributed by atoms with van der Waals surface area (Å²) < 4.78 is 5.17. The Morgan fingerprint density at radius 3 is 2.77 bits per heavy atom. The van der Waals surface area contributed by atoms with Crippen molar-refractivity contribution in [2.75, 3.05) is 11.9 Å². The van der Waals surface area contributed by atoms with Crippen molar-refractivity contribution in [2.45, 2.75) is 38.5 Å². The first kappa shape index (κ1) is 14.6. The highest BCUT2D eigenvalue weighted by atomic mass is 16.5. The Morgan fingerprint density at radius 1 is 1.32 bits per heavy atom. The molecule has 0 radical (unpaired) electrons. The zero-order valence-electron chi connectivity index (χ0n) is 12.6. The number of aromatic nitrogens is 2. The summed E-state index contributed by atoms with van der Waals surface area (Å²) in [6.45, 7) is 2.57. The largest absolute Gasteiger partial charge is 0.339 e. The second kappa shape index (κ2) is 6.60. The van der Waals surface area contributed by atoms with E-state index >= 15 is 0 Å². The number of aryl methyl sites for hydroxylation is 1. The Bertz CT molecular complexity index is 632. The van der Waals surface area contributed by atoms with Crippen LogP contribution in [0.25, 0.3) is 0 Å². The average Bonchev–Trinajstić information content (AvgIpc) is 3.28. The van der Waals surface area contributed by atoms with Crippen molar-refractivity contribution in [3.63, 3.8) is 0 Å². The molecule has 1 fully saturated rings. The lowest BCUT2D eigenvalue weighted by atomic mass is 10.1. The van der Waals surface area contributed by atoms with E-state index in [1.807, 2.05) is 24.3 Å². The third-order valence-corrected chi connectivity index (χ3v) is 3.66. The predicted molar refractivity (Wildman–Crippen MR) is 82.8 cm³/mol. The van der Waals surface area contributed by atoms with Crippen LogP contribution in [0.1, 0.15) is 43.0 Å². The number of anilines is 1. The summed E-state index contributed by atoms with van der Waals surface area (Å²) >= 11 is 0. The van der Waals surface area contributed by atoms with Crippen LogP contribution >= 0.6 is 0 Å². The fourth-order valence-electron chi connectivity index (χ4n) is 2.15. The van der Waals surface area contributed by atoms with Crippen molar-refractivity contribution in [3.05, 3.63) is 41.5 Å². The summed E-state index contributed by atoms with van der Waals surface area (Å²) in [4.78, 5) is 16.1. The number of rotatable bonds is 6. The SMILES string of the molecule is CCc1ccc(NC(=O)NCCc2noc(C3CC3)n2)cc1. The molecular formula is C16H20N4O2. The molecule has 0 aliphatic heterocycles. The van der Waals surface area contributed by atoms with E-state index < -0.39 is 0 Å². The van der Waals surface area contributed by atoms with Crippen molar-refractivity contribution < 1.29 is 9.32 Å². The normalized spacial score (nSPS) is 13.9. The van der Waals surface area contributed by atoms with Crippen molar-refractivity contribution >= 4 is 11.7 Å². The lowest BCUT2D eigenvalue weighted by Crippen LogP contribution is -2.30. The molecule has 1 aromatic carbocycles. The summed E-state index contributed by atoms with van der Waals surface area (Å²) in [6.07, 6.45) is 3.83. The van der Waals surface area contributed by atoms with Gasteiger partial charge < -0.3 is 15.2 Å². The number of hydrogen-bond acceptors (Lipinski definition) is 4. The highest BCUT2D eigenvalue weighted by Crippen LogP contribution is 2.38. The lowest BCUT2D eigenvalue weighted by Gasteiger charge is -2.07. The third kappa shape index (κ3) is 3.84. The summed E-state index contributed by atoms with van der Waals surface area (Å²) in [5, 5.41) is 9.51. The number of hydrogen-bond donors (Lipinski definition) is 2. The standard InChI is InChI=1S/C16H20N4O2/c1-2-11-3-7-13(8-4-11)18-16(21)17-10-9-14-19-15(22-20-14)12-5-6-12/h3-4,7-8,12H,2,5-6,9-10H2,1H3,(H2,17,18,21). The molecule has 1 aromatic heterocycles. The van der Waals surface area contributed by atoms with Crippen LogP contribution in [0.2, 0.25) is 0 Å². The monoisotopic (exact) mass is 300 g/mol. The quantitative estimate of drug-likeness (QED) is 0.859. The van der Waals surface area contributed by atoms with Gasteiger partial charge >= 0.3 is 6.03 Å². The average molecular weight is 300 g/mol. The molecule has 1 heterocycles. The Kier molecular flexibility index (Phi) is 4.37. The van der Waals surface area contributed by atoms with Gasteiger partial charge in [0.2, 0.25) is 5.89 Å². The zero-order valence-corrected chi connectivity index (χ0v) is 12.6. The van der Waals surface area contributed by atoms with Gasteiger partial charge in [0.1, 0.15) is 0 Å². The van der Waals surface area contributed by atoms with Crippen LogP contribution in [0, 0.1) is 0 Å². The van der Waals surface area contributed by atoms with Gasteiger partial charge in [-0.2, -0.15) is 4.98 Å². The summed E-state index contributed by atoms with van der Waals surface area (Å²) in [5.74, 6) is 1.84. The number of benzene rings is 1. The minimum Gasteiger partial charge on any atom is -0.339 e. The first-order valence-corrected chi connectivity index (χ1v) is 7.71. The van der Waals surface area contributed by atoms with Crippen LogP contribution in [0.3, 0.4) is 0 Å². The van der Waals surface area contributed by atoms with Crippen LogP contribution < -0.4 is 10.6 Å². The number of nitrogens with zero attached hydrogens (tertiary/aromatic N) is 2. The highest BCUT2D eigenvalue weighted by molar-refractivity contribution is 5.89. The Labute approximate surface area is 129 Å². The minimum atomic E-state index is -0.227. The van der Waals surface area contributed by atoms with Crippen LogP contribution in [0.15, 0.2) is 28.8 Å². The topological polar surface area (TPSA) is 80.0 Å². The molecule has 116 valence electrons. The maximum Gasteiger partial charge on any atom is 0.319 e. The van der Waals surface area contributed by atoms with E-state index in [-0.39, 0.29) is 6.03 Å².